The lowest BCUT2D eigenvalue weighted by atomic mass is 10.2. The van der Waals surface area contributed by atoms with E-state index in [0.29, 0.717) is 18.9 Å². The van der Waals surface area contributed by atoms with Crippen molar-refractivity contribution in [2.75, 3.05) is 23.8 Å². The molecule has 0 fully saturated rings. The van der Waals surface area contributed by atoms with E-state index in [0.717, 1.165) is 23.3 Å². The number of hydrogen-bond acceptors (Lipinski definition) is 6. The van der Waals surface area contributed by atoms with Crippen LogP contribution < -0.4 is 10.6 Å². The van der Waals surface area contributed by atoms with Crippen LogP contribution in [0, 0.1) is 0 Å². The third-order valence-electron chi connectivity index (χ3n) is 3.23. The third-order valence-corrected chi connectivity index (χ3v) is 4.11. The van der Waals surface area contributed by atoms with Gasteiger partial charge in [0.2, 0.25) is 5.95 Å². The summed E-state index contributed by atoms with van der Waals surface area (Å²) in [6.45, 7) is 1.55. The fraction of sp³-hybridized carbons (Fsp3) is 0.250. The lowest BCUT2D eigenvalue weighted by molar-refractivity contribution is 0.292. The van der Waals surface area contributed by atoms with Gasteiger partial charge in [-0.3, -0.25) is 0 Å². The maximum Gasteiger partial charge on any atom is 0.225 e. The summed E-state index contributed by atoms with van der Waals surface area (Å²) in [5.41, 5.74) is 0.901. The maximum atomic E-state index is 8.87. The van der Waals surface area contributed by atoms with Crippen molar-refractivity contribution < 1.29 is 5.11 Å². The molecule has 22 heavy (non-hydrogen) atoms. The minimum Gasteiger partial charge on any atom is -0.396 e. The van der Waals surface area contributed by atoms with Crippen LogP contribution in [0.2, 0.25) is 0 Å². The van der Waals surface area contributed by atoms with E-state index in [1.165, 1.54) is 4.88 Å². The van der Waals surface area contributed by atoms with Crippen LogP contribution in [-0.4, -0.2) is 28.2 Å². The molecule has 6 heteroatoms. The van der Waals surface area contributed by atoms with Gasteiger partial charge in [-0.15, -0.1) is 11.3 Å². The first-order valence-electron chi connectivity index (χ1n) is 7.24. The second kappa shape index (κ2) is 7.20. The van der Waals surface area contributed by atoms with Gasteiger partial charge in [0.1, 0.15) is 5.82 Å². The molecule has 3 aromatic rings. The van der Waals surface area contributed by atoms with E-state index in [9.17, 15) is 0 Å². The predicted octanol–water partition coefficient (Wildman–Crippen LogP) is 3.10. The number of para-hydroxylation sites is 1. The van der Waals surface area contributed by atoms with Gasteiger partial charge in [-0.05, 0) is 30.0 Å². The van der Waals surface area contributed by atoms with Gasteiger partial charge >= 0.3 is 0 Å². The molecule has 3 rings (SSSR count). The molecule has 0 amide bonds. The molecule has 0 spiro atoms. The molecule has 114 valence electrons. The number of rotatable bonds is 7. The molecule has 0 atom stereocenters. The maximum absolute atomic E-state index is 8.87. The van der Waals surface area contributed by atoms with Crippen molar-refractivity contribution in [3.05, 3.63) is 46.7 Å². The highest BCUT2D eigenvalue weighted by molar-refractivity contribution is 7.09. The molecule has 0 saturated carbocycles. The van der Waals surface area contributed by atoms with Gasteiger partial charge in [-0.25, -0.2) is 4.98 Å². The molecular weight excluding hydrogens is 296 g/mol. The number of fused-ring (bicyclic) bond motifs is 1. The van der Waals surface area contributed by atoms with Crippen molar-refractivity contribution in [3.8, 4) is 0 Å². The van der Waals surface area contributed by atoms with Gasteiger partial charge in [0, 0.05) is 23.4 Å². The second-order valence-electron chi connectivity index (χ2n) is 4.85. The van der Waals surface area contributed by atoms with Crippen LogP contribution in [0.3, 0.4) is 0 Å². The SMILES string of the molecule is OCCCNc1nc(NCc2cccs2)c2ccccc2n1. The van der Waals surface area contributed by atoms with E-state index in [4.69, 9.17) is 5.11 Å². The summed E-state index contributed by atoms with van der Waals surface area (Å²) < 4.78 is 0. The number of nitrogens with zero attached hydrogens (tertiary/aromatic N) is 2. The van der Waals surface area contributed by atoms with E-state index < -0.39 is 0 Å². The molecule has 0 aliphatic rings. The fourth-order valence-corrected chi connectivity index (χ4v) is 2.80. The summed E-state index contributed by atoms with van der Waals surface area (Å²) in [4.78, 5) is 10.3. The molecule has 5 nitrogen and oxygen atoms in total. The topological polar surface area (TPSA) is 70.1 Å². The van der Waals surface area contributed by atoms with Crippen LogP contribution in [0.1, 0.15) is 11.3 Å². The monoisotopic (exact) mass is 314 g/mol. The van der Waals surface area contributed by atoms with Gasteiger partial charge < -0.3 is 15.7 Å². The summed E-state index contributed by atoms with van der Waals surface area (Å²) in [5.74, 6) is 1.41. The number of benzene rings is 1. The van der Waals surface area contributed by atoms with E-state index >= 15 is 0 Å². The Kier molecular flexibility index (Phi) is 4.82. The standard InChI is InChI=1S/C16H18N4OS/c21-9-4-8-17-16-19-14-7-2-1-6-13(14)15(20-16)18-11-12-5-3-10-22-12/h1-3,5-7,10,21H,4,8-9,11H2,(H2,17,18,19,20). The molecule has 2 aromatic heterocycles. The number of hydrogen-bond donors (Lipinski definition) is 3. The molecule has 3 N–H and O–H groups in total. The number of aliphatic hydroxyl groups excluding tert-OH is 1. The van der Waals surface area contributed by atoms with Crippen molar-refractivity contribution in [1.82, 2.24) is 9.97 Å². The van der Waals surface area contributed by atoms with Crippen molar-refractivity contribution in [2.45, 2.75) is 13.0 Å². The van der Waals surface area contributed by atoms with Gasteiger partial charge in [0.25, 0.3) is 0 Å². The van der Waals surface area contributed by atoms with Crippen molar-refractivity contribution >= 4 is 34.0 Å². The lowest BCUT2D eigenvalue weighted by Crippen LogP contribution is -2.09. The Morgan fingerprint density at radius 3 is 2.77 bits per heavy atom. The summed E-state index contributed by atoms with van der Waals surface area (Å²) in [7, 11) is 0. The molecule has 2 heterocycles. The molecule has 0 aliphatic carbocycles. The minimum absolute atomic E-state index is 0.157. The first-order chi connectivity index (χ1) is 10.9. The Hall–Kier alpha value is -2.18. The Morgan fingerprint density at radius 2 is 1.95 bits per heavy atom. The molecule has 0 bridgehead atoms. The zero-order valence-electron chi connectivity index (χ0n) is 12.1. The molecule has 1 aromatic carbocycles. The quantitative estimate of drug-likeness (QED) is 0.585. The van der Waals surface area contributed by atoms with E-state index in [1.54, 1.807) is 11.3 Å². The largest absolute Gasteiger partial charge is 0.396 e. The van der Waals surface area contributed by atoms with Gasteiger partial charge in [0.05, 0.1) is 12.1 Å². The van der Waals surface area contributed by atoms with Crippen LogP contribution in [0.4, 0.5) is 11.8 Å². The molecule has 0 aliphatic heterocycles. The van der Waals surface area contributed by atoms with Crippen molar-refractivity contribution in [2.24, 2.45) is 0 Å². The molecule has 0 radical (unpaired) electrons. The van der Waals surface area contributed by atoms with Crippen molar-refractivity contribution in [3.63, 3.8) is 0 Å². The number of aromatic nitrogens is 2. The summed E-state index contributed by atoms with van der Waals surface area (Å²) >= 11 is 1.72. The normalized spacial score (nSPS) is 10.8. The average molecular weight is 314 g/mol. The van der Waals surface area contributed by atoms with Crippen LogP contribution in [-0.2, 0) is 6.54 Å². The molecule has 0 saturated heterocycles. The van der Waals surface area contributed by atoms with Crippen molar-refractivity contribution in [1.29, 1.82) is 0 Å². The van der Waals surface area contributed by atoms with E-state index in [-0.39, 0.29) is 6.61 Å². The van der Waals surface area contributed by atoms with Crippen LogP contribution >= 0.6 is 11.3 Å². The lowest BCUT2D eigenvalue weighted by Gasteiger charge is -2.11. The van der Waals surface area contributed by atoms with Crippen LogP contribution in [0.5, 0.6) is 0 Å². The molecule has 0 unspecified atom stereocenters. The zero-order valence-corrected chi connectivity index (χ0v) is 12.9. The third kappa shape index (κ3) is 3.52. The van der Waals surface area contributed by atoms with Gasteiger partial charge in [0.15, 0.2) is 0 Å². The van der Waals surface area contributed by atoms with Crippen LogP contribution in [0.15, 0.2) is 41.8 Å². The number of nitrogens with one attached hydrogen (secondary N) is 2. The highest BCUT2D eigenvalue weighted by atomic mass is 32.1. The van der Waals surface area contributed by atoms with Gasteiger partial charge in [-0.1, -0.05) is 18.2 Å². The Bertz CT molecular complexity index is 730. The zero-order chi connectivity index (χ0) is 15.2. The highest BCUT2D eigenvalue weighted by Gasteiger charge is 2.07. The predicted molar refractivity (Wildman–Crippen MR) is 91.4 cm³/mol. The smallest absolute Gasteiger partial charge is 0.225 e. The minimum atomic E-state index is 0.157. The fourth-order valence-electron chi connectivity index (χ4n) is 2.15. The number of anilines is 2. The summed E-state index contributed by atoms with van der Waals surface area (Å²) in [6, 6.07) is 12.1. The van der Waals surface area contributed by atoms with Gasteiger partial charge in [-0.2, -0.15) is 4.98 Å². The van der Waals surface area contributed by atoms with E-state index in [2.05, 4.69) is 32.0 Å². The number of thiophene rings is 1. The van der Waals surface area contributed by atoms with E-state index in [1.807, 2.05) is 30.3 Å². The first-order valence-corrected chi connectivity index (χ1v) is 8.12. The molecular formula is C16H18N4OS. The average Bonchev–Trinajstić information content (AvgIpc) is 3.06. The summed E-state index contributed by atoms with van der Waals surface area (Å²) in [6.07, 6.45) is 0.675. The summed E-state index contributed by atoms with van der Waals surface area (Å²) in [5, 5.41) is 18.5. The van der Waals surface area contributed by atoms with Crippen LogP contribution in [0.25, 0.3) is 10.9 Å². The Morgan fingerprint density at radius 1 is 1.05 bits per heavy atom. The first kappa shape index (κ1) is 14.7. The Labute approximate surface area is 133 Å². The Balaban J connectivity index is 1.84. The number of aliphatic hydroxyl groups is 1. The second-order valence-corrected chi connectivity index (χ2v) is 5.88. The highest BCUT2D eigenvalue weighted by Crippen LogP contribution is 2.23.